The number of nitrogens with zero attached hydrogens (tertiary/aromatic N) is 2. The van der Waals surface area contributed by atoms with Gasteiger partial charge in [0.2, 0.25) is 5.91 Å². The number of carbonyl (C=O) groups is 2. The van der Waals surface area contributed by atoms with Crippen molar-refractivity contribution in [2.75, 3.05) is 26.7 Å². The molecule has 0 saturated carbocycles. The van der Waals surface area contributed by atoms with Crippen LogP contribution in [0.25, 0.3) is 0 Å². The summed E-state index contributed by atoms with van der Waals surface area (Å²) in [5.74, 6) is -0.254. The number of amides is 2. The lowest BCUT2D eigenvalue weighted by atomic mass is 10.0. The van der Waals surface area contributed by atoms with Gasteiger partial charge in [0, 0.05) is 19.6 Å². The molecule has 25 heavy (non-hydrogen) atoms. The molecule has 2 unspecified atom stereocenters. The third-order valence-electron chi connectivity index (χ3n) is 4.51. The Morgan fingerprint density at radius 3 is 2.60 bits per heavy atom. The minimum atomic E-state index is -0.618. The molecule has 3 rings (SSSR count). The number of benzene rings is 1. The SMILES string of the molecule is CC(NC(=O)c1ccco1)C(=O)N1CCN(C)CC1c1ccccc1. The molecule has 2 amide bonds. The molecule has 1 aliphatic rings. The summed E-state index contributed by atoms with van der Waals surface area (Å²) in [5.41, 5.74) is 1.10. The van der Waals surface area contributed by atoms with Gasteiger partial charge in [-0.15, -0.1) is 0 Å². The number of hydrogen-bond acceptors (Lipinski definition) is 4. The minimum absolute atomic E-state index is 0.0181. The van der Waals surface area contributed by atoms with Crippen molar-refractivity contribution in [1.82, 2.24) is 15.1 Å². The first-order valence-electron chi connectivity index (χ1n) is 8.44. The Morgan fingerprint density at radius 2 is 1.92 bits per heavy atom. The van der Waals surface area contributed by atoms with E-state index in [1.54, 1.807) is 19.1 Å². The Balaban J connectivity index is 1.73. The lowest BCUT2D eigenvalue weighted by Gasteiger charge is -2.41. The smallest absolute Gasteiger partial charge is 0.287 e. The van der Waals surface area contributed by atoms with Gasteiger partial charge in [-0.25, -0.2) is 0 Å². The first-order valence-corrected chi connectivity index (χ1v) is 8.44. The fourth-order valence-electron chi connectivity index (χ4n) is 3.13. The predicted molar refractivity (Wildman–Crippen MR) is 94.0 cm³/mol. The summed E-state index contributed by atoms with van der Waals surface area (Å²) in [4.78, 5) is 29.2. The van der Waals surface area contributed by atoms with Gasteiger partial charge in [-0.2, -0.15) is 0 Å². The summed E-state index contributed by atoms with van der Waals surface area (Å²) in [6, 6.07) is 12.6. The normalized spacial score (nSPS) is 19.4. The maximum absolute atomic E-state index is 13.0. The van der Waals surface area contributed by atoms with Crippen molar-refractivity contribution in [3.63, 3.8) is 0 Å². The van der Waals surface area contributed by atoms with E-state index >= 15 is 0 Å². The van der Waals surface area contributed by atoms with Crippen LogP contribution in [0, 0.1) is 0 Å². The number of nitrogens with one attached hydrogen (secondary N) is 1. The predicted octanol–water partition coefficient (Wildman–Crippen LogP) is 1.91. The van der Waals surface area contributed by atoms with Gasteiger partial charge in [-0.1, -0.05) is 30.3 Å². The molecular weight excluding hydrogens is 318 g/mol. The second kappa shape index (κ2) is 7.53. The lowest BCUT2D eigenvalue weighted by molar-refractivity contribution is -0.137. The number of furan rings is 1. The van der Waals surface area contributed by atoms with Gasteiger partial charge < -0.3 is 19.5 Å². The maximum atomic E-state index is 13.0. The third kappa shape index (κ3) is 3.91. The van der Waals surface area contributed by atoms with Gasteiger partial charge in [0.25, 0.3) is 5.91 Å². The molecule has 1 aromatic heterocycles. The third-order valence-corrected chi connectivity index (χ3v) is 4.51. The van der Waals surface area contributed by atoms with Gasteiger partial charge in [-0.05, 0) is 31.7 Å². The van der Waals surface area contributed by atoms with Crippen LogP contribution in [0.3, 0.4) is 0 Å². The summed E-state index contributed by atoms with van der Waals surface area (Å²) < 4.78 is 5.08. The van der Waals surface area contributed by atoms with Crippen molar-refractivity contribution < 1.29 is 14.0 Å². The van der Waals surface area contributed by atoms with E-state index in [9.17, 15) is 9.59 Å². The minimum Gasteiger partial charge on any atom is -0.459 e. The van der Waals surface area contributed by atoms with E-state index in [0.29, 0.717) is 6.54 Å². The fourth-order valence-corrected chi connectivity index (χ4v) is 3.13. The molecule has 1 fully saturated rings. The second-order valence-electron chi connectivity index (χ2n) is 6.39. The first kappa shape index (κ1) is 17.2. The molecular formula is C19H23N3O3. The molecule has 0 aliphatic carbocycles. The number of hydrogen-bond donors (Lipinski definition) is 1. The maximum Gasteiger partial charge on any atom is 0.287 e. The topological polar surface area (TPSA) is 65.8 Å². The molecule has 2 atom stereocenters. The van der Waals surface area contributed by atoms with Crippen LogP contribution in [0.4, 0.5) is 0 Å². The van der Waals surface area contributed by atoms with E-state index in [2.05, 4.69) is 17.3 Å². The Labute approximate surface area is 147 Å². The molecule has 0 bridgehead atoms. The van der Waals surface area contributed by atoms with Crippen molar-refractivity contribution in [3.8, 4) is 0 Å². The zero-order valence-electron chi connectivity index (χ0n) is 14.5. The highest BCUT2D eigenvalue weighted by Gasteiger charge is 2.33. The van der Waals surface area contributed by atoms with Crippen molar-refractivity contribution in [2.24, 2.45) is 0 Å². The summed E-state index contributed by atoms with van der Waals surface area (Å²) in [5, 5.41) is 2.73. The van der Waals surface area contributed by atoms with Crippen LogP contribution in [0.15, 0.2) is 53.1 Å². The van der Waals surface area contributed by atoms with E-state index in [1.165, 1.54) is 6.26 Å². The number of piperazine rings is 1. The van der Waals surface area contributed by atoms with Crippen LogP contribution in [-0.4, -0.2) is 54.3 Å². The van der Waals surface area contributed by atoms with Crippen molar-refractivity contribution in [2.45, 2.75) is 19.0 Å². The van der Waals surface area contributed by atoms with Crippen LogP contribution in [0.1, 0.15) is 29.1 Å². The monoisotopic (exact) mass is 341 g/mol. The molecule has 0 spiro atoms. The van der Waals surface area contributed by atoms with Gasteiger partial charge in [-0.3, -0.25) is 9.59 Å². The number of rotatable bonds is 4. The quantitative estimate of drug-likeness (QED) is 0.923. The summed E-state index contributed by atoms with van der Waals surface area (Å²) in [6.07, 6.45) is 1.44. The second-order valence-corrected chi connectivity index (χ2v) is 6.39. The Morgan fingerprint density at radius 1 is 1.16 bits per heavy atom. The van der Waals surface area contributed by atoms with E-state index in [4.69, 9.17) is 4.42 Å². The molecule has 1 saturated heterocycles. The molecule has 1 aliphatic heterocycles. The van der Waals surface area contributed by atoms with E-state index in [1.807, 2.05) is 35.2 Å². The lowest BCUT2D eigenvalue weighted by Crippen LogP contribution is -2.54. The largest absolute Gasteiger partial charge is 0.459 e. The number of carbonyl (C=O) groups excluding carboxylic acids is 2. The molecule has 1 N–H and O–H groups in total. The molecule has 2 aromatic rings. The van der Waals surface area contributed by atoms with Crippen LogP contribution < -0.4 is 5.32 Å². The van der Waals surface area contributed by atoms with Crippen LogP contribution in [0.5, 0.6) is 0 Å². The van der Waals surface area contributed by atoms with Gasteiger partial charge in [0.1, 0.15) is 6.04 Å². The molecule has 2 heterocycles. The number of likely N-dealkylation sites (N-methyl/N-ethyl adjacent to an activating group) is 1. The molecule has 6 heteroatoms. The fraction of sp³-hybridized carbons (Fsp3) is 0.368. The summed E-state index contributed by atoms with van der Waals surface area (Å²) in [7, 11) is 2.06. The van der Waals surface area contributed by atoms with E-state index in [0.717, 1.165) is 18.7 Å². The van der Waals surface area contributed by atoms with Crippen LogP contribution in [0.2, 0.25) is 0 Å². The molecule has 1 aromatic carbocycles. The van der Waals surface area contributed by atoms with Gasteiger partial charge >= 0.3 is 0 Å². The van der Waals surface area contributed by atoms with Gasteiger partial charge in [0.15, 0.2) is 5.76 Å². The zero-order valence-corrected chi connectivity index (χ0v) is 14.5. The Kier molecular flexibility index (Phi) is 5.19. The summed E-state index contributed by atoms with van der Waals surface area (Å²) in [6.45, 7) is 3.93. The van der Waals surface area contributed by atoms with Crippen molar-refractivity contribution >= 4 is 11.8 Å². The highest BCUT2D eigenvalue weighted by molar-refractivity contribution is 5.95. The highest BCUT2D eigenvalue weighted by atomic mass is 16.3. The average Bonchev–Trinajstić information content (AvgIpc) is 3.16. The average molecular weight is 341 g/mol. The van der Waals surface area contributed by atoms with Crippen LogP contribution in [-0.2, 0) is 4.79 Å². The first-order chi connectivity index (χ1) is 12.1. The Bertz CT molecular complexity index is 715. The van der Waals surface area contributed by atoms with E-state index in [-0.39, 0.29) is 23.6 Å². The van der Waals surface area contributed by atoms with Gasteiger partial charge in [0.05, 0.1) is 12.3 Å². The standard InChI is InChI=1S/C19H23N3O3/c1-14(20-18(23)17-9-6-12-25-17)19(24)22-11-10-21(2)13-16(22)15-7-4-3-5-8-15/h3-9,12,14,16H,10-11,13H2,1-2H3,(H,20,23). The summed E-state index contributed by atoms with van der Waals surface area (Å²) >= 11 is 0. The van der Waals surface area contributed by atoms with Crippen molar-refractivity contribution in [1.29, 1.82) is 0 Å². The molecule has 6 nitrogen and oxygen atoms in total. The van der Waals surface area contributed by atoms with E-state index < -0.39 is 6.04 Å². The molecule has 132 valence electrons. The van der Waals surface area contributed by atoms with Crippen LogP contribution >= 0.6 is 0 Å². The Hall–Kier alpha value is -2.60. The molecule has 0 radical (unpaired) electrons. The zero-order chi connectivity index (χ0) is 17.8. The van der Waals surface area contributed by atoms with Crippen molar-refractivity contribution in [3.05, 3.63) is 60.1 Å². The highest BCUT2D eigenvalue weighted by Crippen LogP contribution is 2.25.